The number of halogens is 1. The zero-order valence-electron chi connectivity index (χ0n) is 11.1. The summed E-state index contributed by atoms with van der Waals surface area (Å²) in [4.78, 5) is 23.2. The van der Waals surface area contributed by atoms with Gasteiger partial charge in [0.15, 0.2) is 0 Å². The van der Waals surface area contributed by atoms with E-state index in [2.05, 4.69) is 5.32 Å². The van der Waals surface area contributed by atoms with Crippen molar-refractivity contribution in [3.05, 3.63) is 59.4 Å². The van der Waals surface area contributed by atoms with Crippen molar-refractivity contribution in [3.8, 4) is 5.75 Å². The third kappa shape index (κ3) is 3.17. The molecule has 0 heterocycles. The molecule has 0 fully saturated rings. The molecule has 0 spiro atoms. The fraction of sp³-hybridized carbons (Fsp3) is 0.0667. The quantitative estimate of drug-likeness (QED) is 0.907. The molecule has 2 rings (SSSR count). The summed E-state index contributed by atoms with van der Waals surface area (Å²) >= 11 is 0. The zero-order chi connectivity index (χ0) is 15.4. The number of carbonyl (C=O) groups is 2. The molecule has 5 nitrogen and oxygen atoms in total. The highest BCUT2D eigenvalue weighted by atomic mass is 19.1. The average Bonchev–Trinajstić information content (AvgIpc) is 2.47. The molecule has 2 aromatic rings. The molecule has 2 N–H and O–H groups in total. The maximum atomic E-state index is 13.5. The Morgan fingerprint density at radius 3 is 2.48 bits per heavy atom. The van der Waals surface area contributed by atoms with Crippen molar-refractivity contribution in [2.24, 2.45) is 0 Å². The van der Waals surface area contributed by atoms with Gasteiger partial charge in [0.1, 0.15) is 11.6 Å². The Kier molecular flexibility index (Phi) is 4.18. The summed E-state index contributed by atoms with van der Waals surface area (Å²) in [5.41, 5.74) is -0.236. The fourth-order valence-corrected chi connectivity index (χ4v) is 1.77. The third-order valence-electron chi connectivity index (χ3n) is 2.82. The summed E-state index contributed by atoms with van der Waals surface area (Å²) in [6.45, 7) is 0. The van der Waals surface area contributed by atoms with Crippen molar-refractivity contribution >= 4 is 17.6 Å². The van der Waals surface area contributed by atoms with Crippen LogP contribution in [0.1, 0.15) is 20.7 Å². The van der Waals surface area contributed by atoms with Gasteiger partial charge in [0, 0.05) is 0 Å². The molecular formula is C15H12FNO4. The van der Waals surface area contributed by atoms with Gasteiger partial charge in [-0.3, -0.25) is 4.79 Å². The molecule has 0 atom stereocenters. The molecule has 0 aliphatic rings. The number of nitrogens with one attached hydrogen (secondary N) is 1. The molecule has 0 aliphatic carbocycles. The van der Waals surface area contributed by atoms with E-state index in [0.29, 0.717) is 5.75 Å². The van der Waals surface area contributed by atoms with Gasteiger partial charge in [-0.2, -0.15) is 0 Å². The van der Waals surface area contributed by atoms with E-state index in [1.165, 1.54) is 43.5 Å². The van der Waals surface area contributed by atoms with Crippen LogP contribution in [0.3, 0.4) is 0 Å². The maximum Gasteiger partial charge on any atom is 0.337 e. The van der Waals surface area contributed by atoms with Crippen LogP contribution in [-0.4, -0.2) is 24.1 Å². The second kappa shape index (κ2) is 6.04. The van der Waals surface area contributed by atoms with Gasteiger partial charge in [0.25, 0.3) is 5.91 Å². The standard InChI is InChI=1S/C15H12FNO4/c1-21-9-6-7-13(11(8-9)15(19)20)17-14(18)10-4-2-3-5-12(10)16/h2-8H,1H3,(H,17,18)(H,19,20). The summed E-state index contributed by atoms with van der Waals surface area (Å²) in [7, 11) is 1.40. The van der Waals surface area contributed by atoms with Gasteiger partial charge in [0.05, 0.1) is 23.9 Å². The van der Waals surface area contributed by atoms with Gasteiger partial charge < -0.3 is 15.2 Å². The molecule has 0 aliphatic heterocycles. The molecule has 6 heteroatoms. The summed E-state index contributed by atoms with van der Waals surface area (Å²) < 4.78 is 18.5. The molecular weight excluding hydrogens is 277 g/mol. The Balaban J connectivity index is 2.33. The Hall–Kier alpha value is -2.89. The highest BCUT2D eigenvalue weighted by Crippen LogP contribution is 2.23. The van der Waals surface area contributed by atoms with E-state index in [0.717, 1.165) is 6.07 Å². The van der Waals surface area contributed by atoms with E-state index in [4.69, 9.17) is 9.84 Å². The SMILES string of the molecule is COc1ccc(NC(=O)c2ccccc2F)c(C(=O)O)c1. The van der Waals surface area contributed by atoms with Crippen LogP contribution in [0.2, 0.25) is 0 Å². The number of anilines is 1. The van der Waals surface area contributed by atoms with Crippen LogP contribution < -0.4 is 10.1 Å². The number of benzene rings is 2. The molecule has 108 valence electrons. The molecule has 2 aromatic carbocycles. The third-order valence-corrected chi connectivity index (χ3v) is 2.82. The molecule has 0 bridgehead atoms. The van der Waals surface area contributed by atoms with E-state index in [1.54, 1.807) is 0 Å². The van der Waals surface area contributed by atoms with Crippen LogP contribution in [0.15, 0.2) is 42.5 Å². The van der Waals surface area contributed by atoms with Crippen LogP contribution in [0.25, 0.3) is 0 Å². The van der Waals surface area contributed by atoms with Crippen LogP contribution in [0.5, 0.6) is 5.75 Å². The van der Waals surface area contributed by atoms with Crippen molar-refractivity contribution in [3.63, 3.8) is 0 Å². The molecule has 0 saturated carbocycles. The van der Waals surface area contributed by atoms with Gasteiger partial charge >= 0.3 is 5.97 Å². The number of amides is 1. The van der Waals surface area contributed by atoms with Crippen molar-refractivity contribution in [2.45, 2.75) is 0 Å². The second-order valence-electron chi connectivity index (χ2n) is 4.15. The lowest BCUT2D eigenvalue weighted by molar-refractivity contribution is 0.0697. The number of methoxy groups -OCH3 is 1. The number of carboxylic acids is 1. The predicted octanol–water partition coefficient (Wildman–Crippen LogP) is 2.78. The van der Waals surface area contributed by atoms with Crippen molar-refractivity contribution < 1.29 is 23.8 Å². The van der Waals surface area contributed by atoms with Crippen LogP contribution in [0, 0.1) is 5.82 Å². The van der Waals surface area contributed by atoms with E-state index in [-0.39, 0.29) is 16.8 Å². The molecule has 0 saturated heterocycles. The summed E-state index contributed by atoms with van der Waals surface area (Å²) in [5.74, 6) is -2.28. The largest absolute Gasteiger partial charge is 0.497 e. The lowest BCUT2D eigenvalue weighted by Crippen LogP contribution is -2.16. The summed E-state index contributed by atoms with van der Waals surface area (Å²) in [6.07, 6.45) is 0. The Morgan fingerprint density at radius 2 is 1.86 bits per heavy atom. The van der Waals surface area contributed by atoms with E-state index in [9.17, 15) is 14.0 Å². The highest BCUT2D eigenvalue weighted by molar-refractivity contribution is 6.08. The monoisotopic (exact) mass is 289 g/mol. The molecule has 0 radical (unpaired) electrons. The smallest absolute Gasteiger partial charge is 0.337 e. The van der Waals surface area contributed by atoms with Gasteiger partial charge in [0.2, 0.25) is 0 Å². The van der Waals surface area contributed by atoms with Gasteiger partial charge in [-0.1, -0.05) is 12.1 Å². The topological polar surface area (TPSA) is 75.6 Å². The van der Waals surface area contributed by atoms with Crippen LogP contribution >= 0.6 is 0 Å². The minimum Gasteiger partial charge on any atom is -0.497 e. The van der Waals surface area contributed by atoms with Gasteiger partial charge in [-0.05, 0) is 30.3 Å². The summed E-state index contributed by atoms with van der Waals surface area (Å²) in [6, 6.07) is 9.62. The normalized spacial score (nSPS) is 10.0. The lowest BCUT2D eigenvalue weighted by Gasteiger charge is -2.10. The number of hydrogen-bond acceptors (Lipinski definition) is 3. The number of aromatic carboxylic acids is 1. The average molecular weight is 289 g/mol. The molecule has 0 aromatic heterocycles. The first-order valence-electron chi connectivity index (χ1n) is 6.00. The first-order valence-corrected chi connectivity index (χ1v) is 6.00. The first kappa shape index (κ1) is 14.5. The van der Waals surface area contributed by atoms with Crippen LogP contribution in [0.4, 0.5) is 10.1 Å². The van der Waals surface area contributed by atoms with E-state index >= 15 is 0 Å². The Labute approximate surface area is 120 Å². The Morgan fingerprint density at radius 1 is 1.14 bits per heavy atom. The maximum absolute atomic E-state index is 13.5. The van der Waals surface area contributed by atoms with Crippen molar-refractivity contribution in [1.82, 2.24) is 0 Å². The molecule has 21 heavy (non-hydrogen) atoms. The molecule has 0 unspecified atom stereocenters. The number of carbonyl (C=O) groups excluding carboxylic acids is 1. The highest BCUT2D eigenvalue weighted by Gasteiger charge is 2.16. The number of hydrogen-bond donors (Lipinski definition) is 2. The lowest BCUT2D eigenvalue weighted by atomic mass is 10.1. The zero-order valence-corrected chi connectivity index (χ0v) is 11.1. The Bertz CT molecular complexity index is 700. The fourth-order valence-electron chi connectivity index (χ4n) is 1.77. The van der Waals surface area contributed by atoms with Crippen molar-refractivity contribution in [2.75, 3.05) is 12.4 Å². The van der Waals surface area contributed by atoms with Crippen LogP contribution in [-0.2, 0) is 0 Å². The minimum atomic E-state index is -1.22. The number of ether oxygens (including phenoxy) is 1. The second-order valence-corrected chi connectivity index (χ2v) is 4.15. The van der Waals surface area contributed by atoms with Gasteiger partial charge in [-0.25, -0.2) is 9.18 Å². The minimum absolute atomic E-state index is 0.0663. The van der Waals surface area contributed by atoms with Gasteiger partial charge in [-0.15, -0.1) is 0 Å². The molecule has 1 amide bonds. The van der Waals surface area contributed by atoms with E-state index < -0.39 is 17.7 Å². The van der Waals surface area contributed by atoms with E-state index in [1.807, 2.05) is 0 Å². The number of rotatable bonds is 4. The summed E-state index contributed by atoms with van der Waals surface area (Å²) in [5, 5.41) is 11.5. The number of carboxylic acid groups (broad SMARTS) is 1. The first-order chi connectivity index (χ1) is 10.0. The predicted molar refractivity (Wildman–Crippen MR) is 74.3 cm³/mol. The van der Waals surface area contributed by atoms with Crippen molar-refractivity contribution in [1.29, 1.82) is 0 Å².